The second kappa shape index (κ2) is 9.97. The van der Waals surface area contributed by atoms with Gasteiger partial charge in [0.2, 0.25) is 0 Å². The second-order valence-electron chi connectivity index (χ2n) is 7.94. The normalized spacial score (nSPS) is 21.2. The van der Waals surface area contributed by atoms with E-state index >= 15 is 0 Å². The van der Waals surface area contributed by atoms with Crippen molar-refractivity contribution in [2.24, 2.45) is 0 Å². The zero-order valence-corrected chi connectivity index (χ0v) is 18.2. The quantitative estimate of drug-likeness (QED) is 0.409. The smallest absolute Gasteiger partial charge is 0.295 e. The summed E-state index contributed by atoms with van der Waals surface area (Å²) in [6.07, 6.45) is 0.727. The first-order valence-corrected chi connectivity index (χ1v) is 10.9. The molecule has 2 saturated heterocycles. The SMILES string of the molecule is COc1ccc(C2/C(=C(\O)c3ccccc3)C(=O)C(=O)N2CCCN2CCOCC2)cc1. The van der Waals surface area contributed by atoms with Crippen LogP contribution in [0.5, 0.6) is 5.75 Å². The molecule has 0 radical (unpaired) electrons. The maximum atomic E-state index is 13.0. The third-order valence-electron chi connectivity index (χ3n) is 6.00. The monoisotopic (exact) mass is 436 g/mol. The summed E-state index contributed by atoms with van der Waals surface area (Å²) in [6.45, 7) is 4.41. The number of aliphatic hydroxyl groups is 1. The van der Waals surface area contributed by atoms with Gasteiger partial charge in [-0.3, -0.25) is 14.5 Å². The Morgan fingerprint density at radius 2 is 1.72 bits per heavy atom. The van der Waals surface area contributed by atoms with Gasteiger partial charge in [0.25, 0.3) is 11.7 Å². The molecule has 2 aliphatic heterocycles. The van der Waals surface area contributed by atoms with Crippen LogP contribution >= 0.6 is 0 Å². The number of carbonyl (C=O) groups excluding carboxylic acids is 2. The number of aliphatic hydroxyl groups excluding tert-OH is 1. The van der Waals surface area contributed by atoms with Gasteiger partial charge in [0, 0.05) is 31.7 Å². The number of carbonyl (C=O) groups is 2. The molecule has 2 aromatic carbocycles. The highest BCUT2D eigenvalue weighted by molar-refractivity contribution is 6.46. The molecule has 0 saturated carbocycles. The van der Waals surface area contributed by atoms with Crippen LogP contribution in [0, 0.1) is 0 Å². The fraction of sp³-hybridized carbons (Fsp3) is 0.360. The zero-order chi connectivity index (χ0) is 22.5. The fourth-order valence-corrected chi connectivity index (χ4v) is 4.28. The Labute approximate surface area is 187 Å². The predicted octanol–water partition coefficient (Wildman–Crippen LogP) is 2.84. The van der Waals surface area contributed by atoms with Crippen LogP contribution in [0.2, 0.25) is 0 Å². The molecule has 1 N–H and O–H groups in total. The average molecular weight is 437 g/mol. The third-order valence-corrected chi connectivity index (χ3v) is 6.00. The number of nitrogens with zero attached hydrogens (tertiary/aromatic N) is 2. The van der Waals surface area contributed by atoms with Gasteiger partial charge in [0.1, 0.15) is 11.5 Å². The molecule has 1 amide bonds. The average Bonchev–Trinajstić information content (AvgIpc) is 3.10. The van der Waals surface area contributed by atoms with Crippen LogP contribution in [-0.4, -0.2) is 73.1 Å². The molecule has 1 atom stereocenters. The van der Waals surface area contributed by atoms with Gasteiger partial charge < -0.3 is 19.5 Å². The van der Waals surface area contributed by atoms with Crippen LogP contribution in [0.15, 0.2) is 60.2 Å². The fourth-order valence-electron chi connectivity index (χ4n) is 4.28. The van der Waals surface area contributed by atoms with Gasteiger partial charge in [-0.25, -0.2) is 0 Å². The lowest BCUT2D eigenvalue weighted by Crippen LogP contribution is -2.38. The van der Waals surface area contributed by atoms with E-state index in [4.69, 9.17) is 9.47 Å². The molecular formula is C25H28N2O5. The van der Waals surface area contributed by atoms with Crippen molar-refractivity contribution < 1.29 is 24.2 Å². The van der Waals surface area contributed by atoms with E-state index in [0.29, 0.717) is 31.1 Å². The molecule has 7 heteroatoms. The Morgan fingerprint density at radius 1 is 1.03 bits per heavy atom. The summed E-state index contributed by atoms with van der Waals surface area (Å²) in [6, 6.07) is 15.5. The Hall–Kier alpha value is -3.16. The zero-order valence-electron chi connectivity index (χ0n) is 18.2. The number of rotatable bonds is 7. The molecule has 1 unspecified atom stereocenters. The molecular weight excluding hydrogens is 408 g/mol. The molecule has 4 rings (SSSR count). The summed E-state index contributed by atoms with van der Waals surface area (Å²) >= 11 is 0. The minimum absolute atomic E-state index is 0.123. The Balaban J connectivity index is 1.65. The van der Waals surface area contributed by atoms with Crippen LogP contribution < -0.4 is 4.74 Å². The number of hydrogen-bond acceptors (Lipinski definition) is 6. The van der Waals surface area contributed by atoms with E-state index < -0.39 is 17.7 Å². The summed E-state index contributed by atoms with van der Waals surface area (Å²) in [7, 11) is 1.59. The molecule has 2 aliphatic rings. The van der Waals surface area contributed by atoms with Crippen molar-refractivity contribution in [1.82, 2.24) is 9.80 Å². The molecule has 2 heterocycles. The first-order valence-electron chi connectivity index (χ1n) is 10.9. The number of morpholine rings is 1. The van der Waals surface area contributed by atoms with Gasteiger partial charge in [-0.05, 0) is 24.1 Å². The van der Waals surface area contributed by atoms with Crippen molar-refractivity contribution in [3.63, 3.8) is 0 Å². The molecule has 0 aliphatic carbocycles. The number of benzene rings is 2. The molecule has 32 heavy (non-hydrogen) atoms. The summed E-state index contributed by atoms with van der Waals surface area (Å²) in [5.41, 5.74) is 1.39. The van der Waals surface area contributed by atoms with Crippen molar-refractivity contribution in [3.8, 4) is 5.75 Å². The van der Waals surface area contributed by atoms with Crippen molar-refractivity contribution >= 4 is 17.4 Å². The highest BCUT2D eigenvalue weighted by Crippen LogP contribution is 2.39. The predicted molar refractivity (Wildman–Crippen MR) is 120 cm³/mol. The van der Waals surface area contributed by atoms with Crippen LogP contribution in [0.25, 0.3) is 5.76 Å². The van der Waals surface area contributed by atoms with E-state index in [1.807, 2.05) is 18.2 Å². The van der Waals surface area contributed by atoms with Gasteiger partial charge in [-0.1, -0.05) is 42.5 Å². The number of ether oxygens (including phenoxy) is 2. The van der Waals surface area contributed by atoms with Gasteiger partial charge in [-0.2, -0.15) is 0 Å². The Bertz CT molecular complexity index is 981. The molecule has 0 spiro atoms. The maximum Gasteiger partial charge on any atom is 0.295 e. The van der Waals surface area contributed by atoms with Crippen molar-refractivity contribution in [2.45, 2.75) is 12.5 Å². The van der Waals surface area contributed by atoms with Gasteiger partial charge >= 0.3 is 0 Å². The van der Waals surface area contributed by atoms with Crippen LogP contribution in [0.4, 0.5) is 0 Å². The molecule has 7 nitrogen and oxygen atoms in total. The van der Waals surface area contributed by atoms with Gasteiger partial charge in [-0.15, -0.1) is 0 Å². The van der Waals surface area contributed by atoms with Crippen molar-refractivity contribution in [2.75, 3.05) is 46.5 Å². The number of Topliss-reactive ketones (excluding diaryl/α,β-unsaturated/α-hetero) is 1. The number of hydrogen-bond donors (Lipinski definition) is 1. The van der Waals surface area contributed by atoms with Gasteiger partial charge in [0.05, 0.1) is 31.9 Å². The van der Waals surface area contributed by atoms with Crippen molar-refractivity contribution in [1.29, 1.82) is 0 Å². The lowest BCUT2D eigenvalue weighted by molar-refractivity contribution is -0.140. The van der Waals surface area contributed by atoms with E-state index in [-0.39, 0.29) is 11.3 Å². The number of ketones is 1. The van der Waals surface area contributed by atoms with E-state index in [9.17, 15) is 14.7 Å². The first kappa shape index (κ1) is 22.0. The lowest BCUT2D eigenvalue weighted by Gasteiger charge is -2.29. The van der Waals surface area contributed by atoms with Crippen LogP contribution in [-0.2, 0) is 14.3 Å². The summed E-state index contributed by atoms with van der Waals surface area (Å²) < 4.78 is 10.6. The first-order chi connectivity index (χ1) is 15.6. The van der Waals surface area contributed by atoms with E-state index in [1.54, 1.807) is 48.4 Å². The maximum absolute atomic E-state index is 13.0. The van der Waals surface area contributed by atoms with Crippen molar-refractivity contribution in [3.05, 3.63) is 71.3 Å². The Kier molecular flexibility index (Phi) is 6.87. The highest BCUT2D eigenvalue weighted by Gasteiger charge is 2.45. The minimum atomic E-state index is -0.654. The topological polar surface area (TPSA) is 79.3 Å². The van der Waals surface area contributed by atoms with Gasteiger partial charge in [0.15, 0.2) is 0 Å². The molecule has 0 aromatic heterocycles. The second-order valence-corrected chi connectivity index (χ2v) is 7.94. The lowest BCUT2D eigenvalue weighted by atomic mass is 9.95. The third kappa shape index (κ3) is 4.54. The largest absolute Gasteiger partial charge is 0.507 e. The summed E-state index contributed by atoms with van der Waals surface area (Å²) in [5, 5.41) is 11.0. The summed E-state index contributed by atoms with van der Waals surface area (Å²) in [4.78, 5) is 29.9. The molecule has 2 aromatic rings. The molecule has 2 fully saturated rings. The summed E-state index contributed by atoms with van der Waals surface area (Å²) in [5.74, 6) is -0.703. The highest BCUT2D eigenvalue weighted by atomic mass is 16.5. The number of amides is 1. The van der Waals surface area contributed by atoms with Crippen LogP contribution in [0.1, 0.15) is 23.6 Å². The van der Waals surface area contributed by atoms with E-state index in [2.05, 4.69) is 4.90 Å². The molecule has 0 bridgehead atoms. The number of methoxy groups -OCH3 is 1. The Morgan fingerprint density at radius 3 is 2.38 bits per heavy atom. The van der Waals surface area contributed by atoms with Crippen LogP contribution in [0.3, 0.4) is 0 Å². The number of likely N-dealkylation sites (tertiary alicyclic amines) is 1. The van der Waals surface area contributed by atoms with E-state index in [1.165, 1.54) is 0 Å². The van der Waals surface area contributed by atoms with E-state index in [0.717, 1.165) is 31.6 Å². The standard InChI is InChI=1S/C25H28N2O5/c1-31-20-10-8-18(9-11-20)22-21(23(28)19-6-3-2-4-7-19)24(29)25(30)27(22)13-5-12-26-14-16-32-17-15-26/h2-4,6-11,22,28H,5,12-17H2,1H3/b23-21+. The molecule has 168 valence electrons. The minimum Gasteiger partial charge on any atom is -0.507 e.